The predicted molar refractivity (Wildman–Crippen MR) is 101 cm³/mol. The second-order valence-electron chi connectivity index (χ2n) is 5.63. The van der Waals surface area contributed by atoms with Gasteiger partial charge in [0, 0.05) is 29.7 Å². The van der Waals surface area contributed by atoms with E-state index in [0.717, 1.165) is 16.8 Å². The molecule has 1 amide bonds. The van der Waals surface area contributed by atoms with Crippen molar-refractivity contribution in [2.24, 2.45) is 5.10 Å². The molecule has 0 atom stereocenters. The molecular weight excluding hydrogens is 342 g/mol. The molecule has 0 saturated heterocycles. The van der Waals surface area contributed by atoms with Crippen LogP contribution in [-0.4, -0.2) is 26.9 Å². The molecule has 1 N–H and O–H groups in total. The number of rotatable bonds is 5. The third kappa shape index (κ3) is 3.67. The minimum atomic E-state index is -0.422. The van der Waals surface area contributed by atoms with Gasteiger partial charge in [-0.05, 0) is 36.4 Å². The molecule has 7 nitrogen and oxygen atoms in total. The number of pyridine rings is 1. The summed E-state index contributed by atoms with van der Waals surface area (Å²) in [5, 5.41) is 8.68. The van der Waals surface area contributed by atoms with Gasteiger partial charge in [-0.25, -0.2) is 10.1 Å². The molecule has 4 rings (SSSR count). The molecular formula is C20H15N5O2. The van der Waals surface area contributed by atoms with Crippen molar-refractivity contribution in [2.45, 2.75) is 0 Å². The smallest absolute Gasteiger partial charge is 0.307 e. The van der Waals surface area contributed by atoms with Gasteiger partial charge in [0.15, 0.2) is 5.76 Å². The summed E-state index contributed by atoms with van der Waals surface area (Å²) >= 11 is 0. The molecule has 3 aromatic heterocycles. The first-order chi connectivity index (χ1) is 13.3. The lowest BCUT2D eigenvalue weighted by molar-refractivity contribution is 0.0927. The largest absolute Gasteiger partial charge is 0.459 e. The van der Waals surface area contributed by atoms with Crippen molar-refractivity contribution in [3.63, 3.8) is 0 Å². The molecule has 0 radical (unpaired) electrons. The highest BCUT2D eigenvalue weighted by molar-refractivity contribution is 5.93. The van der Waals surface area contributed by atoms with Gasteiger partial charge >= 0.3 is 5.91 Å². The number of amides is 1. The van der Waals surface area contributed by atoms with Gasteiger partial charge in [0.25, 0.3) is 0 Å². The fraction of sp³-hybridized carbons (Fsp3) is 0. The lowest BCUT2D eigenvalue weighted by Crippen LogP contribution is -2.16. The number of furan rings is 1. The van der Waals surface area contributed by atoms with E-state index in [2.05, 4.69) is 20.6 Å². The Morgan fingerprint density at radius 2 is 2.00 bits per heavy atom. The number of hydrogen-bond donors (Lipinski definition) is 1. The van der Waals surface area contributed by atoms with Gasteiger partial charge in [-0.3, -0.25) is 9.78 Å². The number of carbonyl (C=O) groups excluding carboxylic acids is 1. The van der Waals surface area contributed by atoms with Crippen LogP contribution >= 0.6 is 0 Å². The Labute approximate surface area is 155 Å². The van der Waals surface area contributed by atoms with Gasteiger partial charge in [-0.1, -0.05) is 18.2 Å². The molecule has 0 aliphatic heterocycles. The molecule has 27 heavy (non-hydrogen) atoms. The summed E-state index contributed by atoms with van der Waals surface area (Å²) in [4.78, 5) is 16.1. The topological polar surface area (TPSA) is 85.3 Å². The number of aromatic nitrogens is 3. The third-order valence-corrected chi connectivity index (χ3v) is 3.81. The highest BCUT2D eigenvalue weighted by Crippen LogP contribution is 2.21. The minimum Gasteiger partial charge on any atom is -0.459 e. The van der Waals surface area contributed by atoms with Gasteiger partial charge in [0.2, 0.25) is 0 Å². The average Bonchev–Trinajstić information content (AvgIpc) is 3.40. The van der Waals surface area contributed by atoms with Gasteiger partial charge in [0.05, 0.1) is 18.2 Å². The van der Waals surface area contributed by atoms with Crippen LogP contribution in [-0.2, 0) is 0 Å². The number of hydrazone groups is 1. The zero-order chi connectivity index (χ0) is 18.5. The Hall–Kier alpha value is -4.00. The molecule has 0 spiro atoms. The van der Waals surface area contributed by atoms with E-state index >= 15 is 0 Å². The van der Waals surface area contributed by atoms with E-state index in [1.807, 2.05) is 48.7 Å². The quantitative estimate of drug-likeness (QED) is 0.439. The summed E-state index contributed by atoms with van der Waals surface area (Å²) in [6.07, 6.45) is 8.27. The summed E-state index contributed by atoms with van der Waals surface area (Å²) in [7, 11) is 0. The van der Waals surface area contributed by atoms with Crippen molar-refractivity contribution in [3.8, 4) is 16.9 Å². The maximum Gasteiger partial charge on any atom is 0.307 e. The molecule has 3 heterocycles. The Morgan fingerprint density at radius 3 is 2.74 bits per heavy atom. The summed E-state index contributed by atoms with van der Waals surface area (Å²) in [6, 6.07) is 16.7. The molecule has 132 valence electrons. The van der Waals surface area contributed by atoms with Gasteiger partial charge in [-0.15, -0.1) is 0 Å². The maximum atomic E-state index is 11.9. The van der Waals surface area contributed by atoms with Crippen LogP contribution in [0.3, 0.4) is 0 Å². The standard InChI is InChI=1S/C20H15N5O2/c26-20(18-9-5-11-27-18)23-22-13-16-14-25(17-7-2-1-3-8-17)24-19(16)15-6-4-10-21-12-15/h1-14H,(H,23,26)/b22-13+. The number of carbonyl (C=O) groups is 1. The van der Waals surface area contributed by atoms with Crippen LogP contribution in [0.1, 0.15) is 16.1 Å². The fourth-order valence-corrected chi connectivity index (χ4v) is 2.55. The van der Waals surface area contributed by atoms with Crippen molar-refractivity contribution in [3.05, 3.63) is 90.8 Å². The highest BCUT2D eigenvalue weighted by Gasteiger charge is 2.12. The van der Waals surface area contributed by atoms with Crippen LogP contribution in [0.25, 0.3) is 16.9 Å². The molecule has 7 heteroatoms. The number of benzene rings is 1. The molecule has 0 aliphatic rings. The van der Waals surface area contributed by atoms with Crippen LogP contribution in [0.2, 0.25) is 0 Å². The SMILES string of the molecule is O=C(N/N=C/c1cn(-c2ccccc2)nc1-c1cccnc1)c1ccco1. The zero-order valence-corrected chi connectivity index (χ0v) is 14.2. The number of para-hydroxylation sites is 1. The summed E-state index contributed by atoms with van der Waals surface area (Å²) in [6.45, 7) is 0. The zero-order valence-electron chi connectivity index (χ0n) is 14.2. The van der Waals surface area contributed by atoms with Crippen molar-refractivity contribution in [1.29, 1.82) is 0 Å². The number of nitrogens with one attached hydrogen (secondary N) is 1. The van der Waals surface area contributed by atoms with Gasteiger partial charge in [0.1, 0.15) is 5.69 Å². The molecule has 0 saturated carbocycles. The molecule has 0 unspecified atom stereocenters. The first-order valence-corrected chi connectivity index (χ1v) is 8.23. The molecule has 1 aromatic carbocycles. The molecule has 0 fully saturated rings. The third-order valence-electron chi connectivity index (χ3n) is 3.81. The summed E-state index contributed by atoms with van der Waals surface area (Å²) in [5.41, 5.74) is 5.67. The van der Waals surface area contributed by atoms with Crippen molar-refractivity contribution in [1.82, 2.24) is 20.2 Å². The second-order valence-corrected chi connectivity index (χ2v) is 5.63. The van der Waals surface area contributed by atoms with Crippen LogP contribution in [0, 0.1) is 0 Å². The molecule has 0 bridgehead atoms. The van der Waals surface area contributed by atoms with Crippen LogP contribution < -0.4 is 5.43 Å². The fourth-order valence-electron chi connectivity index (χ4n) is 2.55. The minimum absolute atomic E-state index is 0.194. The Morgan fingerprint density at radius 1 is 1.11 bits per heavy atom. The van der Waals surface area contributed by atoms with E-state index in [-0.39, 0.29) is 5.76 Å². The summed E-state index contributed by atoms with van der Waals surface area (Å²) < 4.78 is 6.80. The van der Waals surface area contributed by atoms with Crippen LogP contribution in [0.4, 0.5) is 0 Å². The van der Waals surface area contributed by atoms with E-state index in [1.165, 1.54) is 6.26 Å². The normalized spacial score (nSPS) is 11.0. The number of nitrogens with zero attached hydrogens (tertiary/aromatic N) is 4. The second kappa shape index (κ2) is 7.49. The van der Waals surface area contributed by atoms with Gasteiger partial charge in [-0.2, -0.15) is 10.2 Å². The number of hydrogen-bond acceptors (Lipinski definition) is 5. The monoisotopic (exact) mass is 357 g/mol. The van der Waals surface area contributed by atoms with E-state index in [1.54, 1.807) is 35.4 Å². The average molecular weight is 357 g/mol. The molecule has 0 aliphatic carbocycles. The lowest BCUT2D eigenvalue weighted by atomic mass is 10.1. The van der Waals surface area contributed by atoms with Crippen LogP contribution in [0.15, 0.2) is 89.0 Å². The predicted octanol–water partition coefficient (Wildman–Crippen LogP) is 3.29. The Bertz CT molecular complexity index is 1050. The van der Waals surface area contributed by atoms with Crippen molar-refractivity contribution < 1.29 is 9.21 Å². The highest BCUT2D eigenvalue weighted by atomic mass is 16.3. The van der Waals surface area contributed by atoms with E-state index in [9.17, 15) is 4.79 Å². The Balaban J connectivity index is 1.65. The lowest BCUT2D eigenvalue weighted by Gasteiger charge is -1.99. The first-order valence-electron chi connectivity index (χ1n) is 8.23. The summed E-state index contributed by atoms with van der Waals surface area (Å²) in [5.74, 6) is -0.228. The van der Waals surface area contributed by atoms with Crippen molar-refractivity contribution in [2.75, 3.05) is 0 Å². The van der Waals surface area contributed by atoms with E-state index in [4.69, 9.17) is 4.42 Å². The van der Waals surface area contributed by atoms with Gasteiger partial charge < -0.3 is 4.42 Å². The maximum absolute atomic E-state index is 11.9. The van der Waals surface area contributed by atoms with Crippen molar-refractivity contribution >= 4 is 12.1 Å². The van der Waals surface area contributed by atoms with E-state index in [0.29, 0.717) is 5.69 Å². The van der Waals surface area contributed by atoms with E-state index < -0.39 is 5.91 Å². The van der Waals surface area contributed by atoms with Crippen LogP contribution in [0.5, 0.6) is 0 Å². The Kier molecular flexibility index (Phi) is 4.57. The first kappa shape index (κ1) is 16.5. The molecule has 4 aromatic rings.